The second-order valence-corrected chi connectivity index (χ2v) is 6.49. The molecule has 1 aromatic heterocycles. The minimum Gasteiger partial charge on any atom is -0.397 e. The van der Waals surface area contributed by atoms with E-state index in [0.717, 1.165) is 11.1 Å². The zero-order chi connectivity index (χ0) is 19.3. The first kappa shape index (κ1) is 16.7. The summed E-state index contributed by atoms with van der Waals surface area (Å²) in [6, 6.07) is 9.38. The van der Waals surface area contributed by atoms with Gasteiger partial charge < -0.3 is 21.7 Å². The highest BCUT2D eigenvalue weighted by Gasteiger charge is 2.46. The molecule has 5 N–H and O–H groups in total. The molecule has 2 aliphatic rings. The van der Waals surface area contributed by atoms with Crippen molar-refractivity contribution < 1.29 is 4.92 Å². The van der Waals surface area contributed by atoms with E-state index in [1.165, 1.54) is 0 Å². The number of nitro groups is 1. The maximum Gasteiger partial charge on any atom is 0.298 e. The Morgan fingerprint density at radius 3 is 2.81 bits per heavy atom. The van der Waals surface area contributed by atoms with Crippen molar-refractivity contribution in [2.75, 3.05) is 29.5 Å². The Morgan fingerprint density at radius 1 is 1.41 bits per heavy atom. The maximum absolute atomic E-state index is 12.1. The van der Waals surface area contributed by atoms with E-state index in [4.69, 9.17) is 11.5 Å². The molecule has 1 unspecified atom stereocenters. The Bertz CT molecular complexity index is 1050. The Labute approximate surface area is 155 Å². The van der Waals surface area contributed by atoms with Crippen LogP contribution in [0.4, 0.5) is 17.3 Å². The van der Waals surface area contributed by atoms with Crippen molar-refractivity contribution in [3.8, 4) is 6.07 Å². The third-order valence-corrected chi connectivity index (χ3v) is 5.05. The Kier molecular flexibility index (Phi) is 3.63. The number of rotatable bonds is 2. The van der Waals surface area contributed by atoms with Crippen molar-refractivity contribution in [2.24, 2.45) is 0 Å². The Hall–Kier alpha value is -3.80. The number of nitrogen functional groups attached to an aromatic ring is 2. The molecule has 1 atom stereocenters. The number of anilines is 3. The van der Waals surface area contributed by atoms with E-state index in [1.54, 1.807) is 4.90 Å². The molecule has 136 valence electrons. The standard InChI is InChI=1S/C18H17N7O2/c1-9-4-2-3-5-10(9)12-13-14(20)11(8-19)16(21)23-17(13)24-7-6-22-18(24)15(12)25(26)27/h2-5,12,22H,6-7H2,1H3,(H4,20,21,23). The van der Waals surface area contributed by atoms with Crippen LogP contribution < -0.4 is 21.7 Å². The fraction of sp³-hybridized carbons (Fsp3) is 0.222. The minimum atomic E-state index is -0.756. The van der Waals surface area contributed by atoms with Crippen LogP contribution in [0.3, 0.4) is 0 Å². The molecule has 1 aromatic carbocycles. The summed E-state index contributed by atoms with van der Waals surface area (Å²) in [5, 5.41) is 24.6. The molecule has 1 fully saturated rings. The number of pyridine rings is 1. The molecule has 0 saturated carbocycles. The molecule has 3 heterocycles. The lowest BCUT2D eigenvalue weighted by Crippen LogP contribution is -2.34. The van der Waals surface area contributed by atoms with Crippen LogP contribution in [0.2, 0.25) is 0 Å². The summed E-state index contributed by atoms with van der Waals surface area (Å²) < 4.78 is 0. The molecular formula is C18H17N7O2. The molecule has 2 aliphatic heterocycles. The minimum absolute atomic E-state index is 0.00328. The van der Waals surface area contributed by atoms with Gasteiger partial charge in [0.15, 0.2) is 5.82 Å². The summed E-state index contributed by atoms with van der Waals surface area (Å²) in [5.41, 5.74) is 14.5. The van der Waals surface area contributed by atoms with Crippen molar-refractivity contribution >= 4 is 17.3 Å². The highest BCUT2D eigenvalue weighted by atomic mass is 16.6. The van der Waals surface area contributed by atoms with Crippen molar-refractivity contribution in [2.45, 2.75) is 12.8 Å². The number of nitriles is 1. The van der Waals surface area contributed by atoms with Crippen molar-refractivity contribution in [1.29, 1.82) is 5.26 Å². The van der Waals surface area contributed by atoms with E-state index in [9.17, 15) is 15.4 Å². The number of aromatic nitrogens is 1. The molecule has 0 bridgehead atoms. The average Bonchev–Trinajstić information content (AvgIpc) is 3.11. The van der Waals surface area contributed by atoms with Crippen LogP contribution in [0.15, 0.2) is 35.8 Å². The summed E-state index contributed by atoms with van der Waals surface area (Å²) in [4.78, 5) is 17.8. The van der Waals surface area contributed by atoms with E-state index in [2.05, 4.69) is 10.3 Å². The second-order valence-electron chi connectivity index (χ2n) is 6.49. The van der Waals surface area contributed by atoms with Crippen LogP contribution >= 0.6 is 0 Å². The van der Waals surface area contributed by atoms with E-state index in [0.29, 0.717) is 30.3 Å². The van der Waals surface area contributed by atoms with Gasteiger partial charge in [0.1, 0.15) is 29.2 Å². The van der Waals surface area contributed by atoms with Crippen LogP contribution in [0.1, 0.15) is 28.2 Å². The van der Waals surface area contributed by atoms with Gasteiger partial charge in [-0.1, -0.05) is 24.3 Å². The quantitative estimate of drug-likeness (QED) is 0.536. The highest BCUT2D eigenvalue weighted by molar-refractivity contribution is 5.80. The first-order valence-corrected chi connectivity index (χ1v) is 8.40. The van der Waals surface area contributed by atoms with E-state index in [1.807, 2.05) is 37.3 Å². The van der Waals surface area contributed by atoms with Crippen molar-refractivity contribution in [1.82, 2.24) is 10.3 Å². The third kappa shape index (κ3) is 2.27. The van der Waals surface area contributed by atoms with Gasteiger partial charge in [-0.3, -0.25) is 10.1 Å². The number of hydrogen-bond donors (Lipinski definition) is 3. The Balaban J connectivity index is 2.12. The summed E-state index contributed by atoms with van der Waals surface area (Å²) >= 11 is 0. The van der Waals surface area contributed by atoms with Gasteiger partial charge in [0.2, 0.25) is 0 Å². The van der Waals surface area contributed by atoms with Crippen molar-refractivity contribution in [3.05, 3.63) is 68.2 Å². The van der Waals surface area contributed by atoms with Gasteiger partial charge in [-0.25, -0.2) is 4.98 Å². The number of nitrogens with two attached hydrogens (primary N) is 2. The van der Waals surface area contributed by atoms with Crippen LogP contribution in [0.25, 0.3) is 0 Å². The number of hydrogen-bond acceptors (Lipinski definition) is 8. The lowest BCUT2D eigenvalue weighted by Gasteiger charge is -2.32. The lowest BCUT2D eigenvalue weighted by molar-refractivity contribution is -0.430. The largest absolute Gasteiger partial charge is 0.397 e. The molecule has 9 heteroatoms. The molecular weight excluding hydrogens is 346 g/mol. The molecule has 9 nitrogen and oxygen atoms in total. The molecule has 27 heavy (non-hydrogen) atoms. The summed E-state index contributed by atoms with van der Waals surface area (Å²) in [6.45, 7) is 2.92. The van der Waals surface area contributed by atoms with Crippen LogP contribution in [0.5, 0.6) is 0 Å². The van der Waals surface area contributed by atoms with Gasteiger partial charge in [-0.2, -0.15) is 5.26 Å². The molecule has 2 aromatic rings. The van der Waals surface area contributed by atoms with E-state index in [-0.39, 0.29) is 27.7 Å². The monoisotopic (exact) mass is 363 g/mol. The van der Waals surface area contributed by atoms with Crippen LogP contribution in [0, 0.1) is 28.4 Å². The molecule has 0 radical (unpaired) electrons. The first-order valence-electron chi connectivity index (χ1n) is 8.40. The van der Waals surface area contributed by atoms with Gasteiger partial charge in [0.25, 0.3) is 5.70 Å². The van der Waals surface area contributed by atoms with Crippen LogP contribution in [-0.2, 0) is 0 Å². The summed E-state index contributed by atoms with van der Waals surface area (Å²) in [6.07, 6.45) is 0. The van der Waals surface area contributed by atoms with Gasteiger partial charge in [0.05, 0.1) is 10.6 Å². The second kappa shape index (κ2) is 5.88. The summed E-state index contributed by atoms with van der Waals surface area (Å²) in [5.74, 6) is 0.126. The normalized spacial score (nSPS) is 17.8. The molecule has 1 saturated heterocycles. The number of nitrogens with one attached hydrogen (secondary N) is 1. The molecule has 0 spiro atoms. The topological polar surface area (TPSA) is 147 Å². The van der Waals surface area contributed by atoms with Crippen molar-refractivity contribution in [3.63, 3.8) is 0 Å². The smallest absolute Gasteiger partial charge is 0.298 e. The zero-order valence-corrected chi connectivity index (χ0v) is 14.6. The highest BCUT2D eigenvalue weighted by Crippen LogP contribution is 2.48. The van der Waals surface area contributed by atoms with Gasteiger partial charge in [0, 0.05) is 18.7 Å². The molecule has 4 rings (SSSR count). The van der Waals surface area contributed by atoms with E-state index >= 15 is 0 Å². The lowest BCUT2D eigenvalue weighted by atomic mass is 9.82. The number of aryl methyl sites for hydroxylation is 1. The maximum atomic E-state index is 12.1. The predicted molar refractivity (Wildman–Crippen MR) is 100 cm³/mol. The number of allylic oxidation sites excluding steroid dienone is 1. The number of benzene rings is 1. The fourth-order valence-electron chi connectivity index (χ4n) is 3.84. The third-order valence-electron chi connectivity index (χ3n) is 5.05. The summed E-state index contributed by atoms with van der Waals surface area (Å²) in [7, 11) is 0. The first-order chi connectivity index (χ1) is 13.0. The van der Waals surface area contributed by atoms with Gasteiger partial charge >= 0.3 is 0 Å². The average molecular weight is 363 g/mol. The number of nitrogens with zero attached hydrogens (tertiary/aromatic N) is 4. The fourth-order valence-corrected chi connectivity index (χ4v) is 3.84. The zero-order valence-electron chi connectivity index (χ0n) is 14.6. The molecule has 0 amide bonds. The van der Waals surface area contributed by atoms with Gasteiger partial charge in [-0.15, -0.1) is 0 Å². The van der Waals surface area contributed by atoms with Gasteiger partial charge in [-0.05, 0) is 18.1 Å². The Morgan fingerprint density at radius 2 is 2.15 bits per heavy atom. The number of fused-ring (bicyclic) bond motifs is 3. The predicted octanol–water partition coefficient (Wildman–Crippen LogP) is 1.43. The van der Waals surface area contributed by atoms with E-state index < -0.39 is 5.92 Å². The SMILES string of the molecule is Cc1ccccc1C1C([N+](=O)[O-])=C2NCCN2c2nc(N)c(C#N)c(N)c21. The molecule has 0 aliphatic carbocycles. The van der Waals surface area contributed by atoms with Crippen LogP contribution in [-0.4, -0.2) is 23.0 Å².